The first-order valence-corrected chi connectivity index (χ1v) is 6.57. The summed E-state index contributed by atoms with van der Waals surface area (Å²) >= 11 is 6.18. The summed E-state index contributed by atoms with van der Waals surface area (Å²) in [6.07, 6.45) is 4.74. The molecule has 0 aliphatic carbocycles. The van der Waals surface area contributed by atoms with E-state index in [1.807, 2.05) is 6.07 Å². The van der Waals surface area contributed by atoms with E-state index < -0.39 is 0 Å². The quantitative estimate of drug-likeness (QED) is 0.710. The first kappa shape index (κ1) is 13.5. The number of unbranched alkanes of at least 4 members (excludes halogenated alkanes) is 1. The summed E-state index contributed by atoms with van der Waals surface area (Å²) in [5.41, 5.74) is 2.51. The Labute approximate surface area is 104 Å². The van der Waals surface area contributed by atoms with Gasteiger partial charge in [0.25, 0.3) is 0 Å². The maximum Gasteiger partial charge on any atom is 0.0440 e. The van der Waals surface area contributed by atoms with Gasteiger partial charge in [-0.1, -0.05) is 30.7 Å². The molecule has 0 aliphatic heterocycles. The number of hydrogen-bond acceptors (Lipinski definition) is 1. The molecule has 1 N–H and O–H groups in total. The van der Waals surface area contributed by atoms with Gasteiger partial charge in [-0.25, -0.2) is 0 Å². The van der Waals surface area contributed by atoms with Gasteiger partial charge in [-0.05, 0) is 62.9 Å². The molecular formula is C14H22ClN. The van der Waals surface area contributed by atoms with Crippen molar-refractivity contribution in [1.82, 2.24) is 5.32 Å². The third-order valence-corrected chi connectivity index (χ3v) is 3.04. The van der Waals surface area contributed by atoms with Crippen molar-refractivity contribution < 1.29 is 0 Å². The van der Waals surface area contributed by atoms with Crippen LogP contribution < -0.4 is 5.32 Å². The van der Waals surface area contributed by atoms with Crippen LogP contribution in [0.15, 0.2) is 18.2 Å². The molecule has 1 nitrogen and oxygen atoms in total. The summed E-state index contributed by atoms with van der Waals surface area (Å²) in [5, 5.41) is 4.33. The molecule has 0 unspecified atom stereocenters. The van der Waals surface area contributed by atoms with E-state index in [0.717, 1.165) is 24.5 Å². The fraction of sp³-hybridized carbons (Fsp3) is 0.571. The minimum atomic E-state index is 0.918. The first-order chi connectivity index (χ1) is 7.74. The molecule has 0 spiro atoms. The monoisotopic (exact) mass is 239 g/mol. The van der Waals surface area contributed by atoms with Crippen LogP contribution in [0.25, 0.3) is 0 Å². The molecule has 0 atom stereocenters. The van der Waals surface area contributed by atoms with Gasteiger partial charge in [0, 0.05) is 5.02 Å². The molecule has 0 bridgehead atoms. The molecule has 1 aromatic carbocycles. The molecule has 0 fully saturated rings. The van der Waals surface area contributed by atoms with Crippen LogP contribution in [-0.4, -0.2) is 13.1 Å². The molecule has 0 amide bonds. The van der Waals surface area contributed by atoms with Crippen LogP contribution in [0.5, 0.6) is 0 Å². The summed E-state index contributed by atoms with van der Waals surface area (Å²) in [6.45, 7) is 6.52. The average Bonchev–Trinajstić information content (AvgIpc) is 2.26. The maximum absolute atomic E-state index is 6.18. The Morgan fingerprint density at radius 2 is 2.00 bits per heavy atom. The van der Waals surface area contributed by atoms with E-state index in [1.54, 1.807) is 0 Å². The van der Waals surface area contributed by atoms with Gasteiger partial charge in [0.1, 0.15) is 0 Å². The predicted octanol–water partition coefficient (Wildman–Crippen LogP) is 3.97. The minimum absolute atomic E-state index is 0.918. The molecule has 0 aromatic heterocycles. The standard InChI is InChI=1S/C14H22ClN/c1-3-9-16-10-5-4-6-13-8-7-12(2)11-14(13)15/h7-8,11,16H,3-6,9-10H2,1-2H3. The molecule has 16 heavy (non-hydrogen) atoms. The van der Waals surface area contributed by atoms with E-state index in [-0.39, 0.29) is 0 Å². The van der Waals surface area contributed by atoms with Crippen LogP contribution in [0.2, 0.25) is 5.02 Å². The lowest BCUT2D eigenvalue weighted by Crippen LogP contribution is -2.15. The van der Waals surface area contributed by atoms with E-state index in [2.05, 4.69) is 31.3 Å². The number of nitrogens with one attached hydrogen (secondary N) is 1. The van der Waals surface area contributed by atoms with Crippen molar-refractivity contribution >= 4 is 11.6 Å². The Morgan fingerprint density at radius 1 is 1.19 bits per heavy atom. The van der Waals surface area contributed by atoms with Crippen molar-refractivity contribution in [3.8, 4) is 0 Å². The van der Waals surface area contributed by atoms with Gasteiger partial charge < -0.3 is 5.32 Å². The van der Waals surface area contributed by atoms with Gasteiger partial charge in [0.2, 0.25) is 0 Å². The van der Waals surface area contributed by atoms with E-state index in [9.17, 15) is 0 Å². The van der Waals surface area contributed by atoms with Crippen LogP contribution in [-0.2, 0) is 6.42 Å². The molecule has 0 heterocycles. The van der Waals surface area contributed by atoms with E-state index in [0.29, 0.717) is 0 Å². The highest BCUT2D eigenvalue weighted by Crippen LogP contribution is 2.19. The Kier molecular flexibility index (Phi) is 6.51. The van der Waals surface area contributed by atoms with Gasteiger partial charge in [-0.15, -0.1) is 0 Å². The van der Waals surface area contributed by atoms with Gasteiger partial charge >= 0.3 is 0 Å². The van der Waals surface area contributed by atoms with Gasteiger partial charge in [0.15, 0.2) is 0 Å². The molecule has 0 saturated carbocycles. The second-order valence-corrected chi connectivity index (χ2v) is 4.71. The lowest BCUT2D eigenvalue weighted by molar-refractivity contribution is 0.617. The Balaban J connectivity index is 2.21. The van der Waals surface area contributed by atoms with Crippen LogP contribution in [0.1, 0.15) is 37.3 Å². The normalized spacial score (nSPS) is 10.7. The third kappa shape index (κ3) is 5.00. The number of hydrogen-bond donors (Lipinski definition) is 1. The zero-order valence-corrected chi connectivity index (χ0v) is 11.1. The Morgan fingerprint density at radius 3 is 2.69 bits per heavy atom. The van der Waals surface area contributed by atoms with Crippen molar-refractivity contribution in [2.24, 2.45) is 0 Å². The fourth-order valence-electron chi connectivity index (χ4n) is 1.72. The van der Waals surface area contributed by atoms with E-state index in [1.165, 1.54) is 30.4 Å². The zero-order valence-electron chi connectivity index (χ0n) is 10.4. The summed E-state index contributed by atoms with van der Waals surface area (Å²) in [6, 6.07) is 6.33. The van der Waals surface area contributed by atoms with Crippen molar-refractivity contribution in [1.29, 1.82) is 0 Å². The molecular weight excluding hydrogens is 218 g/mol. The molecule has 1 rings (SSSR count). The summed E-state index contributed by atoms with van der Waals surface area (Å²) in [4.78, 5) is 0. The number of benzene rings is 1. The van der Waals surface area contributed by atoms with Crippen molar-refractivity contribution in [2.45, 2.75) is 39.5 Å². The number of aryl methyl sites for hydroxylation is 2. The van der Waals surface area contributed by atoms with Crippen molar-refractivity contribution in [3.63, 3.8) is 0 Å². The minimum Gasteiger partial charge on any atom is -0.317 e. The van der Waals surface area contributed by atoms with Crippen LogP contribution >= 0.6 is 11.6 Å². The Bertz CT molecular complexity index is 310. The summed E-state index contributed by atoms with van der Waals surface area (Å²) < 4.78 is 0. The third-order valence-electron chi connectivity index (χ3n) is 2.69. The van der Waals surface area contributed by atoms with Crippen LogP contribution in [0.4, 0.5) is 0 Å². The lowest BCUT2D eigenvalue weighted by atomic mass is 10.1. The maximum atomic E-state index is 6.18. The van der Waals surface area contributed by atoms with E-state index in [4.69, 9.17) is 11.6 Å². The van der Waals surface area contributed by atoms with Crippen LogP contribution in [0.3, 0.4) is 0 Å². The highest BCUT2D eigenvalue weighted by molar-refractivity contribution is 6.31. The summed E-state index contributed by atoms with van der Waals surface area (Å²) in [5.74, 6) is 0. The molecule has 2 heteroatoms. The van der Waals surface area contributed by atoms with Gasteiger partial charge in [-0.3, -0.25) is 0 Å². The highest BCUT2D eigenvalue weighted by atomic mass is 35.5. The van der Waals surface area contributed by atoms with Gasteiger partial charge in [0.05, 0.1) is 0 Å². The molecule has 0 radical (unpaired) electrons. The molecule has 0 saturated heterocycles. The number of halogens is 1. The zero-order chi connectivity index (χ0) is 11.8. The number of rotatable bonds is 7. The molecule has 90 valence electrons. The van der Waals surface area contributed by atoms with Crippen molar-refractivity contribution in [3.05, 3.63) is 34.3 Å². The smallest absolute Gasteiger partial charge is 0.0440 e. The molecule has 0 aliphatic rings. The second kappa shape index (κ2) is 7.70. The Hall–Kier alpha value is -0.530. The topological polar surface area (TPSA) is 12.0 Å². The second-order valence-electron chi connectivity index (χ2n) is 4.30. The highest BCUT2D eigenvalue weighted by Gasteiger charge is 1.99. The first-order valence-electron chi connectivity index (χ1n) is 6.19. The fourth-order valence-corrected chi connectivity index (χ4v) is 2.05. The van der Waals surface area contributed by atoms with Gasteiger partial charge in [-0.2, -0.15) is 0 Å². The SMILES string of the molecule is CCCNCCCCc1ccc(C)cc1Cl. The molecule has 1 aromatic rings. The summed E-state index contributed by atoms with van der Waals surface area (Å²) in [7, 11) is 0. The largest absolute Gasteiger partial charge is 0.317 e. The lowest BCUT2D eigenvalue weighted by Gasteiger charge is -2.06. The predicted molar refractivity (Wildman–Crippen MR) is 72.3 cm³/mol. The van der Waals surface area contributed by atoms with Crippen molar-refractivity contribution in [2.75, 3.05) is 13.1 Å². The van der Waals surface area contributed by atoms with E-state index >= 15 is 0 Å². The van der Waals surface area contributed by atoms with Crippen LogP contribution in [0, 0.1) is 6.92 Å². The average molecular weight is 240 g/mol.